The van der Waals surface area contributed by atoms with Crippen LogP contribution in [0.4, 0.5) is 8.78 Å². The van der Waals surface area contributed by atoms with E-state index in [0.29, 0.717) is 16.8 Å². The van der Waals surface area contributed by atoms with E-state index in [1.165, 1.54) is 48.5 Å². The highest BCUT2D eigenvalue weighted by atomic mass is 19.1. The van der Waals surface area contributed by atoms with Crippen molar-refractivity contribution in [3.63, 3.8) is 0 Å². The number of oxime groups is 1. The molecule has 0 aromatic heterocycles. The van der Waals surface area contributed by atoms with Crippen molar-refractivity contribution in [2.24, 2.45) is 10.6 Å². The van der Waals surface area contributed by atoms with Crippen LogP contribution in [0.2, 0.25) is 0 Å². The number of carbonyl (C=O) groups excluding carboxylic acids is 1. The zero-order chi connectivity index (χ0) is 17.0. The highest BCUT2D eigenvalue weighted by Crippen LogP contribution is 2.17. The minimum Gasteiger partial charge on any atom is -0.317 e. The second-order valence-corrected chi connectivity index (χ2v) is 6.08. The maximum atomic E-state index is 13.1. The van der Waals surface area contributed by atoms with Crippen molar-refractivity contribution in [3.8, 4) is 0 Å². The Balaban J connectivity index is 2.41. The summed E-state index contributed by atoms with van der Waals surface area (Å²) in [5, 5.41) is 3.91. The second kappa shape index (κ2) is 6.69. The van der Waals surface area contributed by atoms with Gasteiger partial charge >= 0.3 is 5.97 Å². The monoisotopic (exact) mass is 317 g/mol. The van der Waals surface area contributed by atoms with Gasteiger partial charge < -0.3 is 4.84 Å². The van der Waals surface area contributed by atoms with Crippen molar-refractivity contribution in [1.29, 1.82) is 0 Å². The molecule has 2 rings (SSSR count). The molecular weight excluding hydrogens is 300 g/mol. The molecule has 120 valence electrons. The molecule has 0 fully saturated rings. The number of halogens is 2. The van der Waals surface area contributed by atoms with E-state index in [9.17, 15) is 13.6 Å². The van der Waals surface area contributed by atoms with E-state index in [2.05, 4.69) is 5.16 Å². The average Bonchev–Trinajstić information content (AvgIpc) is 2.49. The summed E-state index contributed by atoms with van der Waals surface area (Å²) in [6.07, 6.45) is 0. The third-order valence-corrected chi connectivity index (χ3v) is 3.07. The standard InChI is InChI=1S/C18H17F2NO2/c1-18(2,3)17(22)23-21-16(12-4-8-14(19)9-5-12)13-6-10-15(20)11-7-13/h4-11H,1-3H3. The molecule has 0 radical (unpaired) electrons. The number of hydrogen-bond acceptors (Lipinski definition) is 3. The first-order valence-electron chi connectivity index (χ1n) is 7.09. The van der Waals surface area contributed by atoms with Gasteiger partial charge in [-0.15, -0.1) is 0 Å². The first-order chi connectivity index (χ1) is 10.8. The van der Waals surface area contributed by atoms with Crippen molar-refractivity contribution in [2.45, 2.75) is 20.8 Å². The quantitative estimate of drug-likeness (QED) is 0.481. The van der Waals surface area contributed by atoms with Crippen molar-refractivity contribution < 1.29 is 18.4 Å². The van der Waals surface area contributed by atoms with E-state index in [4.69, 9.17) is 4.84 Å². The van der Waals surface area contributed by atoms with Crippen LogP contribution in [0.25, 0.3) is 0 Å². The number of hydrogen-bond donors (Lipinski definition) is 0. The molecule has 5 heteroatoms. The lowest BCUT2D eigenvalue weighted by molar-refractivity contribution is -0.152. The Bertz CT molecular complexity index is 667. The summed E-state index contributed by atoms with van der Waals surface area (Å²) in [5.74, 6) is -1.28. The van der Waals surface area contributed by atoms with Gasteiger partial charge in [-0.2, -0.15) is 0 Å². The summed E-state index contributed by atoms with van der Waals surface area (Å²) in [4.78, 5) is 16.9. The Labute approximate surface area is 133 Å². The molecule has 3 nitrogen and oxygen atoms in total. The largest absolute Gasteiger partial charge is 0.340 e. The molecule has 0 aliphatic rings. The van der Waals surface area contributed by atoms with Crippen LogP contribution in [-0.4, -0.2) is 11.7 Å². The summed E-state index contributed by atoms with van der Waals surface area (Å²) in [5.41, 5.74) is 0.724. The lowest BCUT2D eigenvalue weighted by Crippen LogP contribution is -2.21. The van der Waals surface area contributed by atoms with Gasteiger partial charge in [-0.05, 0) is 69.3 Å². The number of carbonyl (C=O) groups is 1. The van der Waals surface area contributed by atoms with E-state index >= 15 is 0 Å². The Hall–Kier alpha value is -2.56. The predicted molar refractivity (Wildman–Crippen MR) is 84.0 cm³/mol. The van der Waals surface area contributed by atoms with Gasteiger partial charge in [-0.25, -0.2) is 13.6 Å². The molecule has 0 spiro atoms. The van der Waals surface area contributed by atoms with Gasteiger partial charge in [0.2, 0.25) is 0 Å². The number of benzene rings is 2. The molecule has 0 atom stereocenters. The van der Waals surface area contributed by atoms with Crippen LogP contribution in [0.1, 0.15) is 31.9 Å². The van der Waals surface area contributed by atoms with Crippen LogP contribution in [-0.2, 0) is 9.63 Å². The van der Waals surface area contributed by atoms with Crippen LogP contribution in [0.3, 0.4) is 0 Å². The van der Waals surface area contributed by atoms with Crippen molar-refractivity contribution in [3.05, 3.63) is 71.3 Å². The van der Waals surface area contributed by atoms with Crippen molar-refractivity contribution in [2.75, 3.05) is 0 Å². The van der Waals surface area contributed by atoms with Crippen molar-refractivity contribution >= 4 is 11.7 Å². The highest BCUT2D eigenvalue weighted by molar-refractivity contribution is 6.12. The average molecular weight is 317 g/mol. The van der Waals surface area contributed by atoms with E-state index < -0.39 is 11.4 Å². The molecule has 0 saturated heterocycles. The van der Waals surface area contributed by atoms with Crippen LogP contribution in [0, 0.1) is 17.0 Å². The van der Waals surface area contributed by atoms with Gasteiger partial charge in [0, 0.05) is 11.1 Å². The van der Waals surface area contributed by atoms with E-state index in [1.54, 1.807) is 20.8 Å². The smallest absolute Gasteiger partial charge is 0.317 e. The SMILES string of the molecule is CC(C)(C)C(=O)ON=C(c1ccc(F)cc1)c1ccc(F)cc1. The van der Waals surface area contributed by atoms with Gasteiger partial charge in [0.05, 0.1) is 5.41 Å². The fourth-order valence-electron chi connectivity index (χ4n) is 1.71. The van der Waals surface area contributed by atoms with Gasteiger partial charge in [0.1, 0.15) is 17.3 Å². The molecular formula is C18H17F2NO2. The van der Waals surface area contributed by atoms with Crippen LogP contribution in [0.15, 0.2) is 53.7 Å². The number of rotatable bonds is 3. The Kier molecular flexibility index (Phi) is 4.89. The van der Waals surface area contributed by atoms with E-state index in [1.807, 2.05) is 0 Å². The topological polar surface area (TPSA) is 38.7 Å². The molecule has 2 aromatic carbocycles. The molecule has 2 aromatic rings. The lowest BCUT2D eigenvalue weighted by atomic mass is 9.98. The van der Waals surface area contributed by atoms with Crippen LogP contribution in [0.5, 0.6) is 0 Å². The van der Waals surface area contributed by atoms with Crippen molar-refractivity contribution in [1.82, 2.24) is 0 Å². The third-order valence-electron chi connectivity index (χ3n) is 3.07. The Morgan fingerprint density at radius 1 is 0.870 bits per heavy atom. The fourth-order valence-corrected chi connectivity index (χ4v) is 1.71. The van der Waals surface area contributed by atoms with E-state index in [-0.39, 0.29) is 11.6 Å². The lowest BCUT2D eigenvalue weighted by Gasteiger charge is -2.14. The summed E-state index contributed by atoms with van der Waals surface area (Å²) in [6, 6.07) is 11.2. The predicted octanol–water partition coefficient (Wildman–Crippen LogP) is 4.31. The van der Waals surface area contributed by atoms with Crippen LogP contribution < -0.4 is 0 Å². The molecule has 0 saturated carbocycles. The molecule has 0 N–H and O–H groups in total. The Morgan fingerprint density at radius 2 is 1.26 bits per heavy atom. The molecule has 23 heavy (non-hydrogen) atoms. The number of nitrogens with zero attached hydrogens (tertiary/aromatic N) is 1. The molecule has 0 heterocycles. The van der Waals surface area contributed by atoms with E-state index in [0.717, 1.165) is 0 Å². The molecule has 0 aliphatic carbocycles. The molecule has 0 amide bonds. The minimum absolute atomic E-state index is 0.322. The van der Waals surface area contributed by atoms with Gasteiger partial charge in [0.15, 0.2) is 0 Å². The van der Waals surface area contributed by atoms with Gasteiger partial charge in [-0.3, -0.25) is 0 Å². The molecule has 0 unspecified atom stereocenters. The minimum atomic E-state index is -0.708. The second-order valence-electron chi connectivity index (χ2n) is 6.08. The molecule has 0 bridgehead atoms. The summed E-state index contributed by atoms with van der Waals surface area (Å²) in [7, 11) is 0. The Morgan fingerprint density at radius 3 is 1.61 bits per heavy atom. The first-order valence-corrected chi connectivity index (χ1v) is 7.09. The van der Waals surface area contributed by atoms with Gasteiger partial charge in [-0.1, -0.05) is 5.16 Å². The highest BCUT2D eigenvalue weighted by Gasteiger charge is 2.24. The summed E-state index contributed by atoms with van der Waals surface area (Å²) < 4.78 is 26.2. The zero-order valence-electron chi connectivity index (χ0n) is 13.1. The maximum absolute atomic E-state index is 13.1. The zero-order valence-corrected chi connectivity index (χ0v) is 13.1. The third kappa shape index (κ3) is 4.45. The fraction of sp³-hybridized carbons (Fsp3) is 0.222. The summed E-state index contributed by atoms with van der Waals surface area (Å²) >= 11 is 0. The molecule has 0 aliphatic heterocycles. The van der Waals surface area contributed by atoms with Gasteiger partial charge in [0.25, 0.3) is 0 Å². The summed E-state index contributed by atoms with van der Waals surface area (Å²) in [6.45, 7) is 5.13. The first kappa shape index (κ1) is 16.8. The maximum Gasteiger partial charge on any atom is 0.340 e. The van der Waals surface area contributed by atoms with Crippen LogP contribution >= 0.6 is 0 Å². The normalized spacial score (nSPS) is 11.0.